The van der Waals surface area contributed by atoms with Crippen molar-refractivity contribution in [1.29, 1.82) is 0 Å². The molecule has 0 aliphatic carbocycles. The van der Waals surface area contributed by atoms with E-state index in [0.29, 0.717) is 19.4 Å². The number of rotatable bonds is 42. The van der Waals surface area contributed by atoms with Crippen molar-refractivity contribution in [1.82, 2.24) is 16.0 Å². The van der Waals surface area contributed by atoms with Crippen LogP contribution >= 0.6 is 0 Å². The molecule has 18 heteroatoms. The smallest absolute Gasteiger partial charge is 0.326 e. The highest BCUT2D eigenvalue weighted by Crippen LogP contribution is 2.13. The molecule has 0 aliphatic rings. The summed E-state index contributed by atoms with van der Waals surface area (Å²) in [5, 5.41) is 34.7. The van der Waals surface area contributed by atoms with Gasteiger partial charge >= 0.3 is 17.9 Å². The third kappa shape index (κ3) is 36.3. The van der Waals surface area contributed by atoms with Crippen LogP contribution in [0.4, 0.5) is 0 Å². The normalized spacial score (nSPS) is 12.0. The molecule has 0 saturated carbocycles. The van der Waals surface area contributed by atoms with E-state index in [2.05, 4.69) is 16.0 Å². The number of carboxylic acids is 3. The molecule has 58 heavy (non-hydrogen) atoms. The summed E-state index contributed by atoms with van der Waals surface area (Å²) in [5.74, 6) is -4.78. The average molecular weight is 832 g/mol. The van der Waals surface area contributed by atoms with Crippen molar-refractivity contribution in [2.75, 3.05) is 59.4 Å². The van der Waals surface area contributed by atoms with Gasteiger partial charge in [0.1, 0.15) is 31.1 Å². The van der Waals surface area contributed by atoms with E-state index in [4.69, 9.17) is 29.2 Å². The van der Waals surface area contributed by atoms with Gasteiger partial charge in [-0.2, -0.15) is 0 Å². The van der Waals surface area contributed by atoms with Gasteiger partial charge in [0.2, 0.25) is 17.7 Å². The number of carbonyl (C=O) groups excluding carboxylic acids is 5. The van der Waals surface area contributed by atoms with Crippen LogP contribution < -0.4 is 16.0 Å². The third-order valence-corrected chi connectivity index (χ3v) is 8.81. The number of ether oxygens (including phenoxy) is 4. The van der Waals surface area contributed by atoms with Crippen LogP contribution in [0, 0.1) is 0 Å². The molecular formula is C40H69N3O15. The average Bonchev–Trinajstić information content (AvgIpc) is 3.16. The standard InChI is InChI=1S/C40H69N3O15/c1-31(44)18-19-33(39(51)52)43-37(48)30-58-28-25-55-23-14-15-32(45)29-57-27-26-56-24-22-41-35(46)21-20-34(40(53)54)42-36(47)16-12-10-8-6-4-2-3-5-7-9-11-13-17-38(49)50/h33-34H,2-30H2,1H3,(H,41,46)(H,42,47)(H,43,48)(H,49,50)(H,51,52)(H,53,54)/t33-,34-/m0/s1. The Balaban J connectivity index is 3.74. The quantitative estimate of drug-likeness (QED) is 0.0482. The first-order chi connectivity index (χ1) is 27.8. The van der Waals surface area contributed by atoms with Gasteiger partial charge in [0.25, 0.3) is 0 Å². The predicted octanol–water partition coefficient (Wildman–Crippen LogP) is 3.35. The highest BCUT2D eigenvalue weighted by Gasteiger charge is 2.21. The van der Waals surface area contributed by atoms with E-state index < -0.39 is 35.9 Å². The molecule has 0 bridgehead atoms. The van der Waals surface area contributed by atoms with Crippen molar-refractivity contribution in [3.63, 3.8) is 0 Å². The summed E-state index contributed by atoms with van der Waals surface area (Å²) >= 11 is 0. The number of amides is 3. The lowest BCUT2D eigenvalue weighted by Crippen LogP contribution is -2.42. The van der Waals surface area contributed by atoms with E-state index in [0.717, 1.165) is 57.8 Å². The van der Waals surface area contributed by atoms with Crippen molar-refractivity contribution in [3.05, 3.63) is 0 Å². The Morgan fingerprint density at radius 2 is 0.914 bits per heavy atom. The molecule has 0 spiro atoms. The van der Waals surface area contributed by atoms with Gasteiger partial charge in [-0.15, -0.1) is 0 Å². The molecule has 0 aliphatic heterocycles. The topological polar surface area (TPSA) is 270 Å². The third-order valence-electron chi connectivity index (χ3n) is 8.81. The second-order valence-electron chi connectivity index (χ2n) is 14.2. The highest BCUT2D eigenvalue weighted by molar-refractivity contribution is 5.85. The highest BCUT2D eigenvalue weighted by atomic mass is 16.5. The minimum atomic E-state index is -1.23. The number of unbranched alkanes of at least 4 members (excludes halogenated alkanes) is 11. The fourth-order valence-electron chi connectivity index (χ4n) is 5.56. The van der Waals surface area contributed by atoms with Gasteiger partial charge in [-0.1, -0.05) is 64.2 Å². The van der Waals surface area contributed by atoms with E-state index in [1.54, 1.807) is 0 Å². The van der Waals surface area contributed by atoms with E-state index in [9.17, 15) is 43.5 Å². The summed E-state index contributed by atoms with van der Waals surface area (Å²) in [4.78, 5) is 92.6. The Hall–Kier alpha value is -4.00. The number of carbonyl (C=O) groups is 8. The Morgan fingerprint density at radius 1 is 0.448 bits per heavy atom. The van der Waals surface area contributed by atoms with Crippen molar-refractivity contribution < 1.29 is 72.6 Å². The summed E-state index contributed by atoms with van der Waals surface area (Å²) in [5.41, 5.74) is 0. The molecule has 0 unspecified atom stereocenters. The molecule has 0 aromatic rings. The van der Waals surface area contributed by atoms with Crippen LogP contribution in [0.15, 0.2) is 0 Å². The molecule has 0 aromatic carbocycles. The minimum absolute atomic E-state index is 0.00219. The molecule has 2 atom stereocenters. The van der Waals surface area contributed by atoms with Gasteiger partial charge in [0.15, 0.2) is 5.78 Å². The zero-order chi connectivity index (χ0) is 43.2. The molecule has 334 valence electrons. The monoisotopic (exact) mass is 831 g/mol. The van der Waals surface area contributed by atoms with Crippen LogP contribution in [0.5, 0.6) is 0 Å². The van der Waals surface area contributed by atoms with E-state index in [-0.39, 0.29) is 121 Å². The summed E-state index contributed by atoms with van der Waals surface area (Å²) < 4.78 is 21.2. The van der Waals surface area contributed by atoms with Gasteiger partial charge in [-0.05, 0) is 39.0 Å². The maximum Gasteiger partial charge on any atom is 0.326 e. The summed E-state index contributed by atoms with van der Waals surface area (Å²) in [6, 6.07) is -2.32. The van der Waals surface area contributed by atoms with Crippen molar-refractivity contribution in [3.8, 4) is 0 Å². The summed E-state index contributed by atoms with van der Waals surface area (Å²) in [6.45, 7) is 2.22. The second-order valence-corrected chi connectivity index (χ2v) is 14.2. The number of hydrogen-bond donors (Lipinski definition) is 6. The zero-order valence-electron chi connectivity index (χ0n) is 34.4. The van der Waals surface area contributed by atoms with Gasteiger partial charge < -0.3 is 55.0 Å². The Bertz CT molecular complexity index is 1200. The molecule has 0 aromatic heterocycles. The zero-order valence-corrected chi connectivity index (χ0v) is 34.4. The predicted molar refractivity (Wildman–Crippen MR) is 211 cm³/mol. The summed E-state index contributed by atoms with van der Waals surface area (Å²) in [6.07, 6.45) is 13.3. The number of nitrogens with one attached hydrogen (secondary N) is 3. The number of aliphatic carboxylic acids is 3. The van der Waals surface area contributed by atoms with Crippen molar-refractivity contribution in [2.45, 2.75) is 147 Å². The maximum absolute atomic E-state index is 12.3. The van der Waals surface area contributed by atoms with Crippen LogP contribution in [0.3, 0.4) is 0 Å². The molecule has 0 rings (SSSR count). The fraction of sp³-hybridized carbons (Fsp3) is 0.800. The number of ketones is 2. The Labute approximate surface area is 342 Å². The number of Topliss-reactive ketones (excluding diaryl/α,β-unsaturated/α-hetero) is 2. The first-order valence-electron chi connectivity index (χ1n) is 20.7. The number of carboxylic acid groups (broad SMARTS) is 3. The van der Waals surface area contributed by atoms with Crippen LogP contribution in [-0.2, 0) is 57.3 Å². The molecule has 0 fully saturated rings. The van der Waals surface area contributed by atoms with Crippen LogP contribution in [0.25, 0.3) is 0 Å². The van der Waals surface area contributed by atoms with Crippen LogP contribution in [0.1, 0.15) is 135 Å². The van der Waals surface area contributed by atoms with Gasteiger partial charge in [0.05, 0.1) is 33.0 Å². The SMILES string of the molecule is CC(=O)CC[C@H](NC(=O)COCCOCCCC(=O)COCCOCCNC(=O)CC[C@H](NC(=O)CCCCCCCCCCCCCCC(=O)O)C(=O)O)C(=O)O. The largest absolute Gasteiger partial charge is 0.481 e. The lowest BCUT2D eigenvalue weighted by atomic mass is 10.0. The Morgan fingerprint density at radius 3 is 1.45 bits per heavy atom. The Kier molecular flexibility index (Phi) is 34.7. The van der Waals surface area contributed by atoms with Gasteiger partial charge in [-0.25, -0.2) is 9.59 Å². The molecule has 0 radical (unpaired) electrons. The minimum Gasteiger partial charge on any atom is -0.481 e. The van der Waals surface area contributed by atoms with Crippen molar-refractivity contribution in [2.24, 2.45) is 0 Å². The van der Waals surface area contributed by atoms with Crippen LogP contribution in [0.2, 0.25) is 0 Å². The molecule has 0 saturated heterocycles. The summed E-state index contributed by atoms with van der Waals surface area (Å²) in [7, 11) is 0. The van der Waals surface area contributed by atoms with E-state index in [1.807, 2.05) is 0 Å². The molecular weight excluding hydrogens is 762 g/mol. The first kappa shape index (κ1) is 54.0. The molecule has 0 heterocycles. The number of hydrogen-bond acceptors (Lipinski definition) is 12. The van der Waals surface area contributed by atoms with Gasteiger partial charge in [-0.3, -0.25) is 24.0 Å². The van der Waals surface area contributed by atoms with Crippen LogP contribution in [-0.4, -0.2) is 134 Å². The van der Waals surface area contributed by atoms with E-state index in [1.165, 1.54) is 19.8 Å². The molecule has 18 nitrogen and oxygen atoms in total. The van der Waals surface area contributed by atoms with Gasteiger partial charge in [0, 0.05) is 45.3 Å². The fourth-order valence-corrected chi connectivity index (χ4v) is 5.56. The van der Waals surface area contributed by atoms with E-state index >= 15 is 0 Å². The molecule has 3 amide bonds. The lowest BCUT2D eigenvalue weighted by Gasteiger charge is -2.14. The van der Waals surface area contributed by atoms with Crippen molar-refractivity contribution >= 4 is 47.2 Å². The first-order valence-corrected chi connectivity index (χ1v) is 20.7. The maximum atomic E-state index is 12.3. The second kappa shape index (κ2) is 37.3. The molecule has 6 N–H and O–H groups in total. The lowest BCUT2D eigenvalue weighted by molar-refractivity contribution is -0.143.